The van der Waals surface area contributed by atoms with Crippen LogP contribution in [0, 0.1) is 6.92 Å². The fourth-order valence-corrected chi connectivity index (χ4v) is 5.17. The zero-order valence-corrected chi connectivity index (χ0v) is 19.1. The average Bonchev–Trinajstić information content (AvgIpc) is 3.54. The van der Waals surface area contributed by atoms with Crippen molar-refractivity contribution in [2.45, 2.75) is 6.92 Å². The van der Waals surface area contributed by atoms with E-state index in [0.29, 0.717) is 0 Å². The Morgan fingerprint density at radius 2 is 1.82 bits per heavy atom. The van der Waals surface area contributed by atoms with Gasteiger partial charge in [0.05, 0.1) is 35.1 Å². The number of pyridine rings is 2. The van der Waals surface area contributed by atoms with Gasteiger partial charge in [-0.15, -0.1) is 0 Å². The third kappa shape index (κ3) is 3.88. The van der Waals surface area contributed by atoms with Crippen LogP contribution in [0.1, 0.15) is 5.69 Å². The molecule has 0 radical (unpaired) electrons. The highest BCUT2D eigenvalue weighted by Crippen LogP contribution is 2.34. The lowest BCUT2D eigenvalue weighted by atomic mass is 10.0. The molecule has 0 bridgehead atoms. The van der Waals surface area contributed by atoms with E-state index in [1.54, 1.807) is 17.7 Å². The van der Waals surface area contributed by atoms with Crippen molar-refractivity contribution in [3.8, 4) is 33.2 Å². The van der Waals surface area contributed by atoms with Crippen molar-refractivity contribution in [1.82, 2.24) is 30.2 Å². The SMILES string of the molecule is Cc1cccc(-c2[nH]cnc2-c2ccc3ncc(-c4ncc(N5CCNCC5)s4)cc3c2)n1. The highest BCUT2D eigenvalue weighted by Gasteiger charge is 2.16. The molecule has 0 amide bonds. The van der Waals surface area contributed by atoms with Crippen LogP contribution in [0.25, 0.3) is 44.1 Å². The van der Waals surface area contributed by atoms with Crippen LogP contribution in [-0.4, -0.2) is 51.1 Å². The van der Waals surface area contributed by atoms with Gasteiger partial charge in [0.1, 0.15) is 10.0 Å². The summed E-state index contributed by atoms with van der Waals surface area (Å²) in [5, 5.41) is 6.67. The van der Waals surface area contributed by atoms with Gasteiger partial charge in [-0.05, 0) is 37.3 Å². The molecule has 0 saturated carbocycles. The van der Waals surface area contributed by atoms with Crippen LogP contribution in [-0.2, 0) is 0 Å². The molecule has 0 spiro atoms. The number of H-pyrrole nitrogens is 1. The highest BCUT2D eigenvalue weighted by atomic mass is 32.1. The van der Waals surface area contributed by atoms with Crippen molar-refractivity contribution in [2.24, 2.45) is 0 Å². The number of hydrogen-bond donors (Lipinski definition) is 2. The molecule has 1 aliphatic heterocycles. The Morgan fingerprint density at radius 1 is 0.939 bits per heavy atom. The van der Waals surface area contributed by atoms with Crippen LogP contribution < -0.4 is 10.2 Å². The van der Waals surface area contributed by atoms with Gasteiger partial charge in [-0.25, -0.2) is 9.97 Å². The van der Waals surface area contributed by atoms with Gasteiger partial charge < -0.3 is 15.2 Å². The van der Waals surface area contributed by atoms with E-state index in [0.717, 1.165) is 76.0 Å². The van der Waals surface area contributed by atoms with Gasteiger partial charge in [0.15, 0.2) is 0 Å². The smallest absolute Gasteiger partial charge is 0.126 e. The average molecular weight is 454 g/mol. The lowest BCUT2D eigenvalue weighted by Crippen LogP contribution is -2.43. The second-order valence-corrected chi connectivity index (χ2v) is 9.17. The minimum absolute atomic E-state index is 0.885. The molecule has 0 atom stereocenters. The van der Waals surface area contributed by atoms with E-state index in [1.807, 2.05) is 43.6 Å². The number of nitrogens with one attached hydrogen (secondary N) is 2. The summed E-state index contributed by atoms with van der Waals surface area (Å²) in [4.78, 5) is 24.3. The Kier molecular flexibility index (Phi) is 5.09. The van der Waals surface area contributed by atoms with E-state index in [-0.39, 0.29) is 0 Å². The number of aryl methyl sites for hydroxylation is 1. The minimum atomic E-state index is 0.885. The summed E-state index contributed by atoms with van der Waals surface area (Å²) in [7, 11) is 0. The first-order valence-electron chi connectivity index (χ1n) is 11.0. The maximum Gasteiger partial charge on any atom is 0.126 e. The summed E-state index contributed by atoms with van der Waals surface area (Å²) in [6.45, 7) is 6.06. The van der Waals surface area contributed by atoms with Crippen molar-refractivity contribution >= 4 is 27.2 Å². The molecule has 2 N–H and O–H groups in total. The molecule has 5 heterocycles. The summed E-state index contributed by atoms with van der Waals surface area (Å²) >= 11 is 1.73. The first-order chi connectivity index (χ1) is 16.2. The van der Waals surface area contributed by atoms with E-state index in [9.17, 15) is 0 Å². The molecular weight excluding hydrogens is 430 g/mol. The van der Waals surface area contributed by atoms with E-state index in [1.165, 1.54) is 5.00 Å². The Hall–Kier alpha value is -3.62. The fraction of sp³-hybridized carbons (Fsp3) is 0.200. The quantitative estimate of drug-likeness (QED) is 0.416. The van der Waals surface area contributed by atoms with Crippen LogP contribution in [0.15, 0.2) is 61.2 Å². The Bertz CT molecular complexity index is 1430. The Morgan fingerprint density at radius 3 is 2.70 bits per heavy atom. The predicted molar refractivity (Wildman–Crippen MR) is 133 cm³/mol. The monoisotopic (exact) mass is 453 g/mol. The van der Waals surface area contributed by atoms with Gasteiger partial charge in [-0.3, -0.25) is 9.97 Å². The molecule has 164 valence electrons. The normalized spacial score (nSPS) is 14.2. The number of nitrogens with zero attached hydrogens (tertiary/aromatic N) is 5. The number of fused-ring (bicyclic) bond motifs is 1. The number of imidazole rings is 1. The Balaban J connectivity index is 1.36. The van der Waals surface area contributed by atoms with Gasteiger partial charge >= 0.3 is 0 Å². The number of aromatic amines is 1. The van der Waals surface area contributed by atoms with Gasteiger partial charge in [0, 0.05) is 54.6 Å². The number of hydrogen-bond acceptors (Lipinski definition) is 7. The van der Waals surface area contributed by atoms with E-state index < -0.39 is 0 Å². The molecule has 1 fully saturated rings. The molecule has 6 rings (SSSR count). The summed E-state index contributed by atoms with van der Waals surface area (Å²) in [6, 6.07) is 14.4. The van der Waals surface area contributed by atoms with Gasteiger partial charge in [-0.1, -0.05) is 23.5 Å². The first-order valence-corrected chi connectivity index (χ1v) is 11.9. The third-order valence-electron chi connectivity index (χ3n) is 5.91. The van der Waals surface area contributed by atoms with Crippen LogP contribution in [0.3, 0.4) is 0 Å². The number of rotatable bonds is 4. The number of piperazine rings is 1. The second kappa shape index (κ2) is 8.38. The first kappa shape index (κ1) is 20.0. The topological polar surface area (TPSA) is 82.6 Å². The summed E-state index contributed by atoms with van der Waals surface area (Å²) in [5.41, 5.74) is 6.68. The van der Waals surface area contributed by atoms with Crippen molar-refractivity contribution < 1.29 is 0 Å². The van der Waals surface area contributed by atoms with Crippen LogP contribution >= 0.6 is 11.3 Å². The molecule has 4 aromatic heterocycles. The lowest BCUT2D eigenvalue weighted by molar-refractivity contribution is 0.591. The van der Waals surface area contributed by atoms with Crippen molar-refractivity contribution in [3.63, 3.8) is 0 Å². The molecule has 33 heavy (non-hydrogen) atoms. The van der Waals surface area contributed by atoms with E-state index in [2.05, 4.69) is 43.4 Å². The maximum atomic E-state index is 4.70. The zero-order chi connectivity index (χ0) is 22.2. The van der Waals surface area contributed by atoms with Crippen molar-refractivity contribution in [1.29, 1.82) is 0 Å². The molecule has 5 aromatic rings. The number of anilines is 1. The molecule has 0 unspecified atom stereocenters. The molecule has 8 heteroatoms. The number of thiazole rings is 1. The van der Waals surface area contributed by atoms with Crippen molar-refractivity contribution in [3.05, 3.63) is 66.9 Å². The molecule has 0 aliphatic carbocycles. The number of benzene rings is 1. The standard InChI is InChI=1S/C25H23N7S/c1-16-3-2-4-21(31-16)24-23(29-15-30-24)17-5-6-20-18(11-17)12-19(13-27-20)25-28-14-22(33-25)32-9-7-26-8-10-32/h2-6,11-15,26H,7-10H2,1H3,(H,29,30). The maximum absolute atomic E-state index is 4.70. The number of aromatic nitrogens is 5. The Labute approximate surface area is 195 Å². The van der Waals surface area contributed by atoms with Crippen LogP contribution in [0.2, 0.25) is 0 Å². The lowest BCUT2D eigenvalue weighted by Gasteiger charge is -2.27. The van der Waals surface area contributed by atoms with E-state index >= 15 is 0 Å². The minimum Gasteiger partial charge on any atom is -0.360 e. The molecule has 1 aliphatic rings. The van der Waals surface area contributed by atoms with Gasteiger partial charge in [-0.2, -0.15) is 0 Å². The van der Waals surface area contributed by atoms with E-state index in [4.69, 9.17) is 9.97 Å². The molecular formula is C25H23N7S. The van der Waals surface area contributed by atoms with Gasteiger partial charge in [0.2, 0.25) is 0 Å². The van der Waals surface area contributed by atoms with Gasteiger partial charge in [0.25, 0.3) is 0 Å². The second-order valence-electron chi connectivity index (χ2n) is 8.16. The molecule has 1 saturated heterocycles. The predicted octanol–water partition coefficient (Wildman–Crippen LogP) is 4.53. The summed E-state index contributed by atoms with van der Waals surface area (Å²) in [6.07, 6.45) is 5.62. The zero-order valence-electron chi connectivity index (χ0n) is 18.2. The third-order valence-corrected chi connectivity index (χ3v) is 7.01. The summed E-state index contributed by atoms with van der Waals surface area (Å²) in [5.74, 6) is 0. The van der Waals surface area contributed by atoms with Crippen LogP contribution in [0.5, 0.6) is 0 Å². The van der Waals surface area contributed by atoms with Crippen molar-refractivity contribution in [2.75, 3.05) is 31.1 Å². The molecule has 1 aromatic carbocycles. The highest BCUT2D eigenvalue weighted by molar-refractivity contribution is 7.18. The summed E-state index contributed by atoms with van der Waals surface area (Å²) < 4.78 is 0. The molecule has 7 nitrogen and oxygen atoms in total. The largest absolute Gasteiger partial charge is 0.360 e. The van der Waals surface area contributed by atoms with Crippen LogP contribution in [0.4, 0.5) is 5.00 Å². The fourth-order valence-electron chi connectivity index (χ4n) is 4.22.